The highest BCUT2D eigenvalue weighted by Gasteiger charge is 2.32. The molecule has 2 aromatic rings. The number of nitriles is 1. The van der Waals surface area contributed by atoms with Gasteiger partial charge in [0.05, 0.1) is 36.4 Å². The minimum atomic E-state index is -1.12. The van der Waals surface area contributed by atoms with Crippen LogP contribution in [0.3, 0.4) is 0 Å². The lowest BCUT2D eigenvalue weighted by Gasteiger charge is -2.37. The summed E-state index contributed by atoms with van der Waals surface area (Å²) in [5.74, 6) is -1.22. The second-order valence-corrected chi connectivity index (χ2v) is 6.17. The first-order chi connectivity index (χ1) is 12.0. The van der Waals surface area contributed by atoms with Crippen LogP contribution < -0.4 is 4.90 Å². The molecule has 1 aliphatic heterocycles. The van der Waals surface area contributed by atoms with Gasteiger partial charge in [0.25, 0.3) is 0 Å². The maximum Gasteiger partial charge on any atom is 0.329 e. The molecule has 7 heteroatoms. The van der Waals surface area contributed by atoms with Gasteiger partial charge in [0.2, 0.25) is 0 Å². The van der Waals surface area contributed by atoms with Crippen LogP contribution in [0.15, 0.2) is 24.3 Å². The number of para-hydroxylation sites is 2. The van der Waals surface area contributed by atoms with Crippen molar-refractivity contribution in [3.8, 4) is 6.07 Å². The third-order valence-corrected chi connectivity index (χ3v) is 4.14. The largest absolute Gasteiger partial charge is 0.468 e. The summed E-state index contributed by atoms with van der Waals surface area (Å²) < 4.78 is 10.6. The smallest absolute Gasteiger partial charge is 0.329 e. The lowest BCUT2D eigenvalue weighted by molar-refractivity contribution is -0.141. The molecule has 1 aliphatic rings. The highest BCUT2D eigenvalue weighted by molar-refractivity contribution is 5.85. The van der Waals surface area contributed by atoms with Gasteiger partial charge in [0, 0.05) is 13.1 Å². The highest BCUT2D eigenvalue weighted by Crippen LogP contribution is 2.29. The second kappa shape index (κ2) is 7.03. The number of anilines is 1. The molecule has 130 valence electrons. The van der Waals surface area contributed by atoms with Crippen LogP contribution in [-0.4, -0.2) is 48.3 Å². The number of fused-ring (bicyclic) bond motifs is 1. The number of esters is 1. The van der Waals surface area contributed by atoms with E-state index in [1.165, 1.54) is 7.11 Å². The number of aromatic nitrogens is 2. The Hall–Kier alpha value is -2.72. The molecule has 7 nitrogen and oxygen atoms in total. The molecule has 1 fully saturated rings. The van der Waals surface area contributed by atoms with Crippen LogP contribution >= 0.6 is 0 Å². The number of nitrogens with zero attached hydrogens (tertiary/aromatic N) is 4. The first kappa shape index (κ1) is 17.1. The molecular formula is C18H20N4O3. The summed E-state index contributed by atoms with van der Waals surface area (Å²) in [6.07, 6.45) is 0.0343. The predicted octanol–water partition coefficient (Wildman–Crippen LogP) is 2.02. The molecule has 1 saturated heterocycles. The van der Waals surface area contributed by atoms with E-state index < -0.39 is 11.9 Å². The molecule has 0 amide bonds. The summed E-state index contributed by atoms with van der Waals surface area (Å²) in [6, 6.07) is 9.40. The van der Waals surface area contributed by atoms with E-state index >= 15 is 0 Å². The summed E-state index contributed by atoms with van der Waals surface area (Å²) in [5, 5.41) is 9.52. The Labute approximate surface area is 146 Å². The van der Waals surface area contributed by atoms with Crippen molar-refractivity contribution in [2.24, 2.45) is 0 Å². The lowest BCUT2D eigenvalue weighted by Crippen LogP contribution is -2.46. The monoisotopic (exact) mass is 340 g/mol. The molecule has 3 atom stereocenters. The van der Waals surface area contributed by atoms with Crippen LogP contribution in [0.5, 0.6) is 0 Å². The van der Waals surface area contributed by atoms with Crippen LogP contribution in [-0.2, 0) is 14.3 Å². The molecule has 0 bridgehead atoms. The standard InChI is InChI=1S/C18H20N4O3/c1-11-9-22(10-12(2)25-11)17-16(13(8-19)18(23)24-3)20-14-6-4-5-7-15(14)21-17/h4-7,11-13H,9-10H2,1-3H3/t11-,12+,13-/m1/s1. The molecule has 0 spiro atoms. The van der Waals surface area contributed by atoms with E-state index in [9.17, 15) is 10.1 Å². The molecule has 25 heavy (non-hydrogen) atoms. The van der Waals surface area contributed by atoms with E-state index in [1.807, 2.05) is 49.1 Å². The third kappa shape index (κ3) is 3.39. The van der Waals surface area contributed by atoms with Crippen LogP contribution in [0.25, 0.3) is 11.0 Å². The van der Waals surface area contributed by atoms with E-state index in [1.54, 1.807) is 0 Å². The summed E-state index contributed by atoms with van der Waals surface area (Å²) in [4.78, 5) is 23.4. The van der Waals surface area contributed by atoms with Gasteiger partial charge in [0.15, 0.2) is 11.7 Å². The zero-order valence-electron chi connectivity index (χ0n) is 14.5. The molecule has 0 saturated carbocycles. The maximum absolute atomic E-state index is 12.1. The Morgan fingerprint density at radius 2 is 1.88 bits per heavy atom. The fourth-order valence-electron chi connectivity index (χ4n) is 3.12. The van der Waals surface area contributed by atoms with Gasteiger partial charge in [-0.25, -0.2) is 9.97 Å². The molecule has 1 aromatic heterocycles. The first-order valence-corrected chi connectivity index (χ1v) is 8.18. The highest BCUT2D eigenvalue weighted by atomic mass is 16.5. The molecule has 0 radical (unpaired) electrons. The molecular weight excluding hydrogens is 320 g/mol. The van der Waals surface area contributed by atoms with Gasteiger partial charge >= 0.3 is 5.97 Å². The third-order valence-electron chi connectivity index (χ3n) is 4.14. The van der Waals surface area contributed by atoms with Gasteiger partial charge in [-0.05, 0) is 26.0 Å². The number of hydrogen-bond donors (Lipinski definition) is 0. The van der Waals surface area contributed by atoms with Crippen molar-refractivity contribution >= 4 is 22.8 Å². The Bertz CT molecular complexity index is 823. The van der Waals surface area contributed by atoms with Gasteiger partial charge < -0.3 is 14.4 Å². The van der Waals surface area contributed by atoms with Crippen molar-refractivity contribution in [1.82, 2.24) is 9.97 Å². The van der Waals surface area contributed by atoms with Gasteiger partial charge in [-0.3, -0.25) is 4.79 Å². The Morgan fingerprint density at radius 1 is 1.28 bits per heavy atom. The fourth-order valence-corrected chi connectivity index (χ4v) is 3.12. The van der Waals surface area contributed by atoms with Gasteiger partial charge in [-0.2, -0.15) is 5.26 Å². The summed E-state index contributed by atoms with van der Waals surface area (Å²) in [5.41, 5.74) is 1.68. The topological polar surface area (TPSA) is 88.3 Å². The van der Waals surface area contributed by atoms with Crippen LogP contribution in [0, 0.1) is 11.3 Å². The number of morpholine rings is 1. The number of ether oxygens (including phenoxy) is 2. The van der Waals surface area contributed by atoms with Crippen molar-refractivity contribution in [2.75, 3.05) is 25.1 Å². The summed E-state index contributed by atoms with van der Waals surface area (Å²) >= 11 is 0. The molecule has 3 rings (SSSR count). The van der Waals surface area contributed by atoms with Crippen LogP contribution in [0.4, 0.5) is 5.82 Å². The van der Waals surface area contributed by atoms with Crippen molar-refractivity contribution < 1.29 is 14.3 Å². The maximum atomic E-state index is 12.1. The minimum Gasteiger partial charge on any atom is -0.468 e. The Kier molecular flexibility index (Phi) is 4.81. The second-order valence-electron chi connectivity index (χ2n) is 6.17. The number of carbonyl (C=O) groups excluding carboxylic acids is 1. The van der Waals surface area contributed by atoms with Crippen molar-refractivity contribution in [1.29, 1.82) is 5.26 Å². The Morgan fingerprint density at radius 3 is 2.44 bits per heavy atom. The molecule has 0 aliphatic carbocycles. The number of carbonyl (C=O) groups is 1. The van der Waals surface area contributed by atoms with Crippen molar-refractivity contribution in [2.45, 2.75) is 32.0 Å². The minimum absolute atomic E-state index is 0.0172. The zero-order valence-corrected chi connectivity index (χ0v) is 14.5. The van der Waals surface area contributed by atoms with E-state index in [4.69, 9.17) is 14.5 Å². The number of rotatable bonds is 3. The Balaban J connectivity index is 2.15. The average Bonchev–Trinajstić information content (AvgIpc) is 2.60. The van der Waals surface area contributed by atoms with E-state index in [0.717, 1.165) is 5.52 Å². The molecule has 0 unspecified atom stereocenters. The molecule has 2 heterocycles. The number of benzene rings is 1. The van der Waals surface area contributed by atoms with Gasteiger partial charge in [0.1, 0.15) is 5.69 Å². The number of hydrogen-bond acceptors (Lipinski definition) is 7. The normalized spacial score (nSPS) is 21.6. The first-order valence-electron chi connectivity index (χ1n) is 8.18. The summed E-state index contributed by atoms with van der Waals surface area (Å²) in [7, 11) is 1.26. The fraction of sp³-hybridized carbons (Fsp3) is 0.444. The average molecular weight is 340 g/mol. The predicted molar refractivity (Wildman–Crippen MR) is 92.1 cm³/mol. The van der Waals surface area contributed by atoms with Crippen molar-refractivity contribution in [3.63, 3.8) is 0 Å². The SMILES string of the molecule is COC(=O)[C@H](C#N)c1nc2ccccc2nc1N1C[C@@H](C)O[C@@H](C)C1. The zero-order chi connectivity index (χ0) is 18.0. The van der Waals surface area contributed by atoms with E-state index in [-0.39, 0.29) is 12.2 Å². The lowest BCUT2D eigenvalue weighted by atomic mass is 10.1. The quantitative estimate of drug-likeness (QED) is 0.790. The molecule has 1 aromatic carbocycles. The molecule has 0 N–H and O–H groups in total. The number of methoxy groups -OCH3 is 1. The van der Waals surface area contributed by atoms with Crippen LogP contribution in [0.1, 0.15) is 25.5 Å². The summed E-state index contributed by atoms with van der Waals surface area (Å²) in [6.45, 7) is 5.20. The van der Waals surface area contributed by atoms with E-state index in [2.05, 4.69) is 4.98 Å². The van der Waals surface area contributed by atoms with Gasteiger partial charge in [-0.1, -0.05) is 12.1 Å². The van der Waals surface area contributed by atoms with Crippen LogP contribution in [0.2, 0.25) is 0 Å². The van der Waals surface area contributed by atoms with E-state index in [0.29, 0.717) is 30.1 Å². The van der Waals surface area contributed by atoms with Gasteiger partial charge in [-0.15, -0.1) is 0 Å². The van der Waals surface area contributed by atoms with Crippen molar-refractivity contribution in [3.05, 3.63) is 30.0 Å².